The Balaban J connectivity index is 1.39. The van der Waals surface area contributed by atoms with Gasteiger partial charge in [-0.15, -0.1) is 0 Å². The van der Waals surface area contributed by atoms with Crippen molar-refractivity contribution in [1.29, 1.82) is 0 Å². The van der Waals surface area contributed by atoms with Gasteiger partial charge in [0.2, 0.25) is 0 Å². The fraction of sp³-hybridized carbons (Fsp3) is 0.0571. The zero-order valence-corrected chi connectivity index (χ0v) is 22.0. The minimum atomic E-state index is -0.196. The van der Waals surface area contributed by atoms with E-state index in [1.807, 2.05) is 60.8 Å². The molecule has 7 aromatic rings. The topological polar surface area (TPSA) is 52.2 Å². The minimum absolute atomic E-state index is 0.196. The van der Waals surface area contributed by atoms with Gasteiger partial charge in [0.25, 0.3) is 5.56 Å². The second kappa shape index (κ2) is 9.79. The summed E-state index contributed by atoms with van der Waals surface area (Å²) in [5.41, 5.74) is 5.74. The fourth-order valence-electron chi connectivity index (χ4n) is 5.55. The van der Waals surface area contributed by atoms with Gasteiger partial charge in [-0.05, 0) is 41.5 Å². The van der Waals surface area contributed by atoms with E-state index in [9.17, 15) is 4.79 Å². The third-order valence-corrected chi connectivity index (χ3v) is 7.58. The van der Waals surface area contributed by atoms with Crippen LogP contribution < -0.4 is 5.56 Å². The molecule has 192 valence electrons. The van der Waals surface area contributed by atoms with Crippen LogP contribution in [0.3, 0.4) is 0 Å². The van der Waals surface area contributed by atoms with Crippen molar-refractivity contribution in [3.8, 4) is 11.4 Å². The summed E-state index contributed by atoms with van der Waals surface area (Å²) in [6.45, 7) is 2.85. The summed E-state index contributed by atoms with van der Waals surface area (Å²) in [6, 6.07) is 40.4. The van der Waals surface area contributed by atoms with E-state index in [1.165, 1.54) is 21.0 Å². The van der Waals surface area contributed by atoms with E-state index in [4.69, 9.17) is 10.1 Å². The number of rotatable bonds is 5. The van der Waals surface area contributed by atoms with Crippen LogP contribution in [0.4, 0.5) is 0 Å². The van der Waals surface area contributed by atoms with Gasteiger partial charge in [0.1, 0.15) is 0 Å². The van der Waals surface area contributed by atoms with E-state index in [0.29, 0.717) is 16.7 Å². The molecule has 5 heteroatoms. The molecule has 0 bridgehead atoms. The van der Waals surface area contributed by atoms with Gasteiger partial charge < -0.3 is 4.57 Å². The highest BCUT2D eigenvalue weighted by Crippen LogP contribution is 2.28. The van der Waals surface area contributed by atoms with Crippen LogP contribution in [-0.4, -0.2) is 20.4 Å². The first-order valence-electron chi connectivity index (χ1n) is 13.3. The molecule has 0 aliphatic heterocycles. The molecule has 0 saturated heterocycles. The van der Waals surface area contributed by atoms with Gasteiger partial charge in [-0.2, -0.15) is 9.78 Å². The molecule has 0 aliphatic carbocycles. The second-order valence-corrected chi connectivity index (χ2v) is 9.92. The molecule has 0 atom stereocenters. The Hall–Kier alpha value is -5.29. The lowest BCUT2D eigenvalue weighted by Gasteiger charge is -2.11. The van der Waals surface area contributed by atoms with Crippen molar-refractivity contribution in [2.75, 3.05) is 0 Å². The highest BCUT2D eigenvalue weighted by Gasteiger charge is 2.16. The summed E-state index contributed by atoms with van der Waals surface area (Å²) in [6.07, 6.45) is 1.81. The Morgan fingerprint density at radius 3 is 2.25 bits per heavy atom. The Kier molecular flexibility index (Phi) is 5.82. The summed E-state index contributed by atoms with van der Waals surface area (Å²) in [7, 11) is 0. The molecule has 2 heterocycles. The number of hydrogen-bond donors (Lipinski definition) is 0. The highest BCUT2D eigenvalue weighted by atomic mass is 16.1. The van der Waals surface area contributed by atoms with Crippen molar-refractivity contribution in [3.05, 3.63) is 149 Å². The van der Waals surface area contributed by atoms with Crippen LogP contribution in [0.15, 0.2) is 131 Å². The standard InChI is InChI=1S/C35H26N4O/c1-24-31(22-36-39-34(26-13-3-2-4-14-26)37-32-20-9-7-19-30(32)35(39)40)29-18-8-10-21-33(29)38(24)23-27-16-11-15-25-12-5-6-17-28(25)27/h2-22H,23H2,1H3. The summed E-state index contributed by atoms with van der Waals surface area (Å²) in [5.74, 6) is 0.512. The molecular formula is C35H26N4O. The molecule has 7 rings (SSSR count). The Morgan fingerprint density at radius 2 is 1.40 bits per heavy atom. The summed E-state index contributed by atoms with van der Waals surface area (Å²) in [5, 5.41) is 8.89. The van der Waals surface area contributed by atoms with Gasteiger partial charge in [0.05, 0.1) is 17.1 Å². The van der Waals surface area contributed by atoms with Crippen molar-refractivity contribution < 1.29 is 0 Å². The van der Waals surface area contributed by atoms with Crippen molar-refractivity contribution >= 4 is 38.8 Å². The molecule has 0 aliphatic rings. The molecule has 0 radical (unpaired) electrons. The number of fused-ring (bicyclic) bond motifs is 3. The molecule has 5 nitrogen and oxygen atoms in total. The maximum absolute atomic E-state index is 13.7. The Bertz CT molecular complexity index is 2110. The summed E-state index contributed by atoms with van der Waals surface area (Å²) < 4.78 is 3.76. The molecule has 5 aromatic carbocycles. The van der Waals surface area contributed by atoms with Crippen molar-refractivity contribution in [2.24, 2.45) is 5.10 Å². The second-order valence-electron chi connectivity index (χ2n) is 9.92. The maximum atomic E-state index is 13.7. The largest absolute Gasteiger partial charge is 0.340 e. The summed E-state index contributed by atoms with van der Waals surface area (Å²) in [4.78, 5) is 18.5. The van der Waals surface area contributed by atoms with Crippen LogP contribution in [0.1, 0.15) is 16.8 Å². The lowest BCUT2D eigenvalue weighted by molar-refractivity contribution is 0.807. The quantitative estimate of drug-likeness (QED) is 0.223. The molecule has 0 unspecified atom stereocenters. The van der Waals surface area contributed by atoms with Crippen molar-refractivity contribution in [1.82, 2.24) is 14.2 Å². The fourth-order valence-corrected chi connectivity index (χ4v) is 5.55. The monoisotopic (exact) mass is 518 g/mol. The van der Waals surface area contributed by atoms with Crippen molar-refractivity contribution in [2.45, 2.75) is 13.5 Å². The van der Waals surface area contributed by atoms with Gasteiger partial charge >= 0.3 is 0 Å². The average molecular weight is 519 g/mol. The molecule has 0 spiro atoms. The average Bonchev–Trinajstić information content (AvgIpc) is 3.27. The van der Waals surface area contributed by atoms with Crippen LogP contribution in [0.2, 0.25) is 0 Å². The van der Waals surface area contributed by atoms with Crippen LogP contribution in [0.25, 0.3) is 44.0 Å². The van der Waals surface area contributed by atoms with Crippen LogP contribution >= 0.6 is 0 Å². The maximum Gasteiger partial charge on any atom is 0.282 e. The zero-order chi connectivity index (χ0) is 27.1. The van der Waals surface area contributed by atoms with E-state index < -0.39 is 0 Å². The number of benzene rings is 5. The van der Waals surface area contributed by atoms with E-state index in [2.05, 4.69) is 72.2 Å². The van der Waals surface area contributed by atoms with Crippen LogP contribution in [0.5, 0.6) is 0 Å². The first kappa shape index (κ1) is 23.8. The van der Waals surface area contributed by atoms with E-state index in [0.717, 1.165) is 34.3 Å². The molecule has 40 heavy (non-hydrogen) atoms. The molecule has 0 fully saturated rings. The number of nitrogens with zero attached hydrogens (tertiary/aromatic N) is 4. The smallest absolute Gasteiger partial charge is 0.282 e. The zero-order valence-electron chi connectivity index (χ0n) is 22.0. The third-order valence-electron chi connectivity index (χ3n) is 7.58. The van der Waals surface area contributed by atoms with Crippen LogP contribution in [0, 0.1) is 6.92 Å². The lowest BCUT2D eigenvalue weighted by atomic mass is 10.0. The number of para-hydroxylation sites is 2. The highest BCUT2D eigenvalue weighted by molar-refractivity contribution is 6.01. The molecular weight excluding hydrogens is 492 g/mol. The number of hydrogen-bond acceptors (Lipinski definition) is 3. The van der Waals surface area contributed by atoms with Gasteiger partial charge in [-0.25, -0.2) is 4.98 Å². The molecule has 0 amide bonds. The normalized spacial score (nSPS) is 11.7. The van der Waals surface area contributed by atoms with E-state index in [-0.39, 0.29) is 5.56 Å². The van der Waals surface area contributed by atoms with Gasteiger partial charge in [0, 0.05) is 34.3 Å². The first-order chi connectivity index (χ1) is 19.7. The van der Waals surface area contributed by atoms with Crippen LogP contribution in [-0.2, 0) is 6.54 Å². The predicted octanol–water partition coefficient (Wildman–Crippen LogP) is 7.41. The predicted molar refractivity (Wildman–Crippen MR) is 164 cm³/mol. The Labute approximate surface area is 231 Å². The summed E-state index contributed by atoms with van der Waals surface area (Å²) >= 11 is 0. The third kappa shape index (κ3) is 4.00. The van der Waals surface area contributed by atoms with Gasteiger partial charge in [-0.3, -0.25) is 4.79 Å². The number of aromatic nitrogens is 3. The van der Waals surface area contributed by atoms with E-state index >= 15 is 0 Å². The van der Waals surface area contributed by atoms with E-state index in [1.54, 1.807) is 6.07 Å². The van der Waals surface area contributed by atoms with Crippen molar-refractivity contribution in [3.63, 3.8) is 0 Å². The van der Waals surface area contributed by atoms with Gasteiger partial charge in [-0.1, -0.05) is 103 Å². The molecule has 0 saturated carbocycles. The Morgan fingerprint density at radius 1 is 0.725 bits per heavy atom. The lowest BCUT2D eigenvalue weighted by Crippen LogP contribution is -2.20. The molecule has 0 N–H and O–H groups in total. The first-order valence-corrected chi connectivity index (χ1v) is 13.3. The SMILES string of the molecule is Cc1c(C=Nn2c(-c3ccccc3)nc3ccccc3c2=O)c2ccccc2n1Cc1cccc2ccccc12. The molecule has 2 aromatic heterocycles. The minimum Gasteiger partial charge on any atom is -0.340 e. The van der Waals surface area contributed by atoms with Gasteiger partial charge in [0.15, 0.2) is 5.82 Å².